The van der Waals surface area contributed by atoms with Crippen LogP contribution in [0, 0.1) is 21.4 Å². The number of nitro groups is 1. The van der Waals surface area contributed by atoms with Crippen molar-refractivity contribution in [2.75, 3.05) is 6.61 Å². The maximum Gasteiger partial charge on any atom is 0.221 e. The highest BCUT2D eigenvalue weighted by molar-refractivity contribution is 5.85. The zero-order valence-electron chi connectivity index (χ0n) is 6.60. The fraction of sp³-hybridized carbons (Fsp3) is 1.00. The summed E-state index contributed by atoms with van der Waals surface area (Å²) in [6, 6.07) is -0.461. The third-order valence-corrected chi connectivity index (χ3v) is 3.28. The second-order valence-corrected chi connectivity index (χ2v) is 3.67. The fourth-order valence-electron chi connectivity index (χ4n) is 2.46. The van der Waals surface area contributed by atoms with Crippen LogP contribution in [0.25, 0.3) is 0 Å². The van der Waals surface area contributed by atoms with E-state index < -0.39 is 6.04 Å². The lowest BCUT2D eigenvalue weighted by atomic mass is 10.00. The van der Waals surface area contributed by atoms with Gasteiger partial charge in [-0.3, -0.25) is 10.1 Å². The molecule has 0 bridgehead atoms. The SMILES string of the molecule is Cl.O=[N+]([O-])C1CCC2CC21CO. The summed E-state index contributed by atoms with van der Waals surface area (Å²) in [6.07, 6.45) is 2.47. The standard InChI is InChI=1S/C7H11NO3.ClH/c9-4-7-3-5(7)1-2-6(7)8(10)11;/h5-6,9H,1-4H2;1H. The Morgan fingerprint density at radius 2 is 2.25 bits per heavy atom. The van der Waals surface area contributed by atoms with Crippen LogP contribution in [0.5, 0.6) is 0 Å². The van der Waals surface area contributed by atoms with Crippen molar-refractivity contribution in [3.05, 3.63) is 10.1 Å². The second-order valence-electron chi connectivity index (χ2n) is 3.67. The molecule has 0 radical (unpaired) electrons. The normalized spacial score (nSPS) is 43.1. The molecule has 1 N–H and O–H groups in total. The van der Waals surface area contributed by atoms with Crippen LogP contribution in [0.15, 0.2) is 0 Å². The van der Waals surface area contributed by atoms with Crippen molar-refractivity contribution in [1.82, 2.24) is 0 Å². The lowest BCUT2D eigenvalue weighted by molar-refractivity contribution is -0.534. The minimum Gasteiger partial charge on any atom is -0.396 e. The van der Waals surface area contributed by atoms with Gasteiger partial charge in [0, 0.05) is 11.3 Å². The van der Waals surface area contributed by atoms with E-state index >= 15 is 0 Å². The molecule has 70 valence electrons. The van der Waals surface area contributed by atoms with Crippen molar-refractivity contribution < 1.29 is 10.0 Å². The molecule has 0 aromatic heterocycles. The summed E-state index contributed by atoms with van der Waals surface area (Å²) in [5, 5.41) is 19.5. The maximum absolute atomic E-state index is 10.5. The van der Waals surface area contributed by atoms with Gasteiger partial charge in [-0.15, -0.1) is 12.4 Å². The minimum atomic E-state index is -0.461. The molecule has 0 saturated heterocycles. The molecular weight excluding hydrogens is 182 g/mol. The largest absolute Gasteiger partial charge is 0.396 e. The molecule has 2 aliphatic rings. The summed E-state index contributed by atoms with van der Waals surface area (Å²) in [5.74, 6) is 0.447. The van der Waals surface area contributed by atoms with Crippen LogP contribution in [0.2, 0.25) is 0 Å². The summed E-state index contributed by atoms with van der Waals surface area (Å²) in [4.78, 5) is 10.3. The van der Waals surface area contributed by atoms with Crippen LogP contribution in [0.3, 0.4) is 0 Å². The Balaban J connectivity index is 0.000000720. The first-order valence-electron chi connectivity index (χ1n) is 3.95. The lowest BCUT2D eigenvalue weighted by Crippen LogP contribution is -2.30. The molecule has 2 aliphatic carbocycles. The average molecular weight is 194 g/mol. The summed E-state index contributed by atoms with van der Waals surface area (Å²) in [6.45, 7) is 0.00329. The van der Waals surface area contributed by atoms with E-state index in [2.05, 4.69) is 0 Å². The molecule has 3 atom stereocenters. The minimum absolute atomic E-state index is 0. The van der Waals surface area contributed by atoms with Crippen molar-refractivity contribution in [2.24, 2.45) is 11.3 Å². The van der Waals surface area contributed by atoms with Crippen molar-refractivity contribution in [3.8, 4) is 0 Å². The van der Waals surface area contributed by atoms with Gasteiger partial charge in [0.25, 0.3) is 0 Å². The molecule has 4 nitrogen and oxygen atoms in total. The van der Waals surface area contributed by atoms with Gasteiger partial charge in [0.05, 0.1) is 12.0 Å². The van der Waals surface area contributed by atoms with Gasteiger partial charge < -0.3 is 5.11 Å². The monoisotopic (exact) mass is 193 g/mol. The van der Waals surface area contributed by atoms with Crippen molar-refractivity contribution in [1.29, 1.82) is 0 Å². The van der Waals surface area contributed by atoms with Gasteiger partial charge in [0.15, 0.2) is 0 Å². The van der Waals surface area contributed by atoms with Crippen LogP contribution in [0.1, 0.15) is 19.3 Å². The third-order valence-electron chi connectivity index (χ3n) is 3.28. The Morgan fingerprint density at radius 1 is 1.58 bits per heavy atom. The van der Waals surface area contributed by atoms with Crippen molar-refractivity contribution >= 4 is 12.4 Å². The molecule has 12 heavy (non-hydrogen) atoms. The van der Waals surface area contributed by atoms with Crippen LogP contribution in [0.4, 0.5) is 0 Å². The zero-order chi connectivity index (χ0) is 8.06. The number of rotatable bonds is 2. The van der Waals surface area contributed by atoms with E-state index in [0.717, 1.165) is 12.8 Å². The number of hydrogen-bond acceptors (Lipinski definition) is 3. The first-order chi connectivity index (χ1) is 5.20. The van der Waals surface area contributed by atoms with E-state index in [1.165, 1.54) is 0 Å². The molecule has 2 saturated carbocycles. The molecule has 0 spiro atoms. The molecule has 2 rings (SSSR count). The smallest absolute Gasteiger partial charge is 0.221 e. The number of aliphatic hydroxyl groups is 1. The van der Waals surface area contributed by atoms with Gasteiger partial charge in [-0.25, -0.2) is 0 Å². The van der Waals surface area contributed by atoms with Gasteiger partial charge in [0.2, 0.25) is 6.04 Å². The lowest BCUT2D eigenvalue weighted by Gasteiger charge is -2.12. The zero-order valence-corrected chi connectivity index (χ0v) is 7.42. The van der Waals surface area contributed by atoms with E-state index in [4.69, 9.17) is 5.11 Å². The fourth-order valence-corrected chi connectivity index (χ4v) is 2.46. The summed E-state index contributed by atoms with van der Waals surface area (Å²) < 4.78 is 0. The highest BCUT2D eigenvalue weighted by Crippen LogP contribution is 2.63. The van der Waals surface area contributed by atoms with Gasteiger partial charge in [-0.05, 0) is 18.8 Å². The molecule has 0 heterocycles. The topological polar surface area (TPSA) is 63.4 Å². The predicted octanol–water partition coefficient (Wildman–Crippen LogP) is 0.846. The van der Waals surface area contributed by atoms with Crippen LogP contribution in [-0.2, 0) is 0 Å². The first-order valence-corrected chi connectivity index (χ1v) is 3.95. The predicted molar refractivity (Wildman–Crippen MR) is 44.9 cm³/mol. The average Bonchev–Trinajstić information content (AvgIpc) is 2.58. The molecular formula is C7H12ClNO3. The van der Waals surface area contributed by atoms with Crippen molar-refractivity contribution in [2.45, 2.75) is 25.3 Å². The highest BCUT2D eigenvalue weighted by Gasteiger charge is 2.68. The Labute approximate surface area is 76.5 Å². The number of aliphatic hydroxyl groups excluding tert-OH is 1. The molecule has 0 aromatic carbocycles. The Morgan fingerprint density at radius 3 is 2.58 bits per heavy atom. The van der Waals surface area contributed by atoms with Gasteiger partial charge in [-0.1, -0.05) is 0 Å². The summed E-state index contributed by atoms with van der Waals surface area (Å²) in [7, 11) is 0. The van der Waals surface area contributed by atoms with Crippen LogP contribution in [-0.4, -0.2) is 22.7 Å². The van der Waals surface area contributed by atoms with Crippen LogP contribution >= 0.6 is 12.4 Å². The molecule has 3 unspecified atom stereocenters. The Kier molecular flexibility index (Phi) is 2.31. The van der Waals surface area contributed by atoms with E-state index in [1.807, 2.05) is 0 Å². The van der Waals surface area contributed by atoms with E-state index in [9.17, 15) is 10.1 Å². The maximum atomic E-state index is 10.5. The molecule has 2 fully saturated rings. The number of hydrogen-bond donors (Lipinski definition) is 1. The van der Waals surface area contributed by atoms with Crippen LogP contribution < -0.4 is 0 Å². The number of halogens is 1. The van der Waals surface area contributed by atoms with Crippen molar-refractivity contribution in [3.63, 3.8) is 0 Å². The molecule has 5 heteroatoms. The molecule has 0 aromatic rings. The molecule has 0 aliphatic heterocycles. The number of fused-ring (bicyclic) bond motifs is 1. The van der Waals surface area contributed by atoms with Gasteiger partial charge >= 0.3 is 0 Å². The van der Waals surface area contributed by atoms with E-state index in [1.54, 1.807) is 0 Å². The van der Waals surface area contributed by atoms with Gasteiger partial charge in [-0.2, -0.15) is 0 Å². The Bertz CT molecular complexity index is 207. The number of nitrogens with zero attached hydrogens (tertiary/aromatic N) is 1. The van der Waals surface area contributed by atoms with E-state index in [-0.39, 0.29) is 29.4 Å². The highest BCUT2D eigenvalue weighted by atomic mass is 35.5. The van der Waals surface area contributed by atoms with E-state index in [0.29, 0.717) is 12.3 Å². The third kappa shape index (κ3) is 1.02. The molecule has 0 amide bonds. The summed E-state index contributed by atoms with van der Waals surface area (Å²) in [5.41, 5.74) is -0.302. The first kappa shape index (κ1) is 9.74. The summed E-state index contributed by atoms with van der Waals surface area (Å²) >= 11 is 0. The second kappa shape index (κ2) is 2.85. The quantitative estimate of drug-likeness (QED) is 0.522. The Hall–Kier alpha value is -0.350. The van der Waals surface area contributed by atoms with Gasteiger partial charge in [0.1, 0.15) is 0 Å².